The molecule has 0 bridgehead atoms. The minimum atomic E-state index is -0.732. The van der Waals surface area contributed by atoms with Crippen LogP contribution in [0, 0.1) is 11.8 Å². The third kappa shape index (κ3) is 3.64. The predicted octanol–water partition coefficient (Wildman–Crippen LogP) is 2.36. The third-order valence-corrected chi connectivity index (χ3v) is 5.93. The van der Waals surface area contributed by atoms with E-state index >= 15 is 0 Å². The summed E-state index contributed by atoms with van der Waals surface area (Å²) in [7, 11) is 0. The monoisotopic (exact) mass is 388 g/mol. The number of imide groups is 1. The largest absolute Gasteiger partial charge is 0.368 e. The third-order valence-electron chi connectivity index (χ3n) is 5.93. The second kappa shape index (κ2) is 7.93. The number of hydrogen-bond donors (Lipinski definition) is 1. The number of carbonyl (C=O) groups is 2. The summed E-state index contributed by atoms with van der Waals surface area (Å²) in [5.41, 5.74) is 4.98. The molecule has 1 aromatic rings. The first kappa shape index (κ1) is 20.4. The Bertz CT molecular complexity index is 729. The number of nitrogens with zero attached hydrogens (tertiary/aromatic N) is 5. The summed E-state index contributed by atoms with van der Waals surface area (Å²) in [4.78, 5) is 40.3. The Morgan fingerprint density at radius 2 is 1.86 bits per heavy atom. The van der Waals surface area contributed by atoms with Crippen molar-refractivity contribution in [3.63, 3.8) is 0 Å². The van der Waals surface area contributed by atoms with Gasteiger partial charge in [0.2, 0.25) is 5.95 Å². The summed E-state index contributed by atoms with van der Waals surface area (Å²) in [5.74, 6) is 1.59. The maximum absolute atomic E-state index is 13.4. The topological polar surface area (TPSA) is 95.7 Å². The van der Waals surface area contributed by atoms with Crippen LogP contribution in [0.1, 0.15) is 47.0 Å². The first-order valence-electron chi connectivity index (χ1n) is 10.3. The zero-order chi connectivity index (χ0) is 20.5. The van der Waals surface area contributed by atoms with Crippen LogP contribution in [-0.2, 0) is 4.79 Å². The van der Waals surface area contributed by atoms with Crippen molar-refractivity contribution in [1.82, 2.24) is 19.8 Å². The van der Waals surface area contributed by atoms with Gasteiger partial charge in [0.05, 0.1) is 0 Å². The summed E-state index contributed by atoms with van der Waals surface area (Å²) in [6, 6.07) is 1.70. The number of nitrogens with two attached hydrogens (primary N) is 1. The molecule has 0 saturated carbocycles. The highest BCUT2D eigenvalue weighted by molar-refractivity contribution is 6.07. The Morgan fingerprint density at radius 3 is 2.43 bits per heavy atom. The van der Waals surface area contributed by atoms with Gasteiger partial charge in [-0.2, -0.15) is 4.98 Å². The smallest absolute Gasteiger partial charge is 0.327 e. The van der Waals surface area contributed by atoms with Crippen LogP contribution in [0.15, 0.2) is 12.3 Å². The van der Waals surface area contributed by atoms with Crippen molar-refractivity contribution in [2.75, 3.05) is 36.8 Å². The van der Waals surface area contributed by atoms with E-state index in [1.54, 1.807) is 6.20 Å². The lowest BCUT2D eigenvalue weighted by Gasteiger charge is -2.43. The molecule has 28 heavy (non-hydrogen) atoms. The number of amides is 3. The number of aromatic nitrogens is 2. The van der Waals surface area contributed by atoms with Crippen LogP contribution in [0.4, 0.5) is 16.6 Å². The average Bonchev–Trinajstić information content (AvgIpc) is 2.84. The number of urea groups is 1. The van der Waals surface area contributed by atoms with Crippen molar-refractivity contribution in [1.29, 1.82) is 0 Å². The highest BCUT2D eigenvalue weighted by atomic mass is 16.2. The van der Waals surface area contributed by atoms with Crippen LogP contribution >= 0.6 is 0 Å². The molecule has 1 spiro atoms. The molecule has 0 radical (unpaired) electrons. The summed E-state index contributed by atoms with van der Waals surface area (Å²) in [6.45, 7) is 10.7. The van der Waals surface area contributed by atoms with E-state index in [9.17, 15) is 9.59 Å². The van der Waals surface area contributed by atoms with E-state index in [4.69, 9.17) is 5.73 Å². The molecular formula is C20H32N6O2. The van der Waals surface area contributed by atoms with E-state index in [-0.39, 0.29) is 17.9 Å². The van der Waals surface area contributed by atoms with Gasteiger partial charge < -0.3 is 15.5 Å². The van der Waals surface area contributed by atoms with Crippen LogP contribution < -0.4 is 10.6 Å². The normalized spacial score (nSPS) is 20.5. The van der Waals surface area contributed by atoms with Gasteiger partial charge in [-0.25, -0.2) is 9.78 Å². The highest BCUT2D eigenvalue weighted by Crippen LogP contribution is 2.39. The molecule has 1 unspecified atom stereocenters. The fourth-order valence-electron chi connectivity index (χ4n) is 4.13. The van der Waals surface area contributed by atoms with Crippen molar-refractivity contribution < 1.29 is 9.59 Å². The molecule has 2 fully saturated rings. The van der Waals surface area contributed by atoms with Crippen molar-refractivity contribution in [2.24, 2.45) is 11.8 Å². The lowest BCUT2D eigenvalue weighted by molar-refractivity contribution is -0.134. The SMILES string of the molecule is CCC(C)CN1C(=O)N(CC(C)C)C2(CCN(c3ccnc(N)n3)CC2)C1=O. The molecule has 2 aliphatic rings. The molecule has 0 aliphatic carbocycles. The van der Waals surface area contributed by atoms with Gasteiger partial charge in [-0.1, -0.05) is 34.1 Å². The van der Waals surface area contributed by atoms with E-state index in [0.717, 1.165) is 12.2 Å². The Morgan fingerprint density at radius 1 is 1.18 bits per heavy atom. The molecule has 0 aromatic carbocycles. The molecule has 1 atom stereocenters. The van der Waals surface area contributed by atoms with Crippen LogP contribution in [0.2, 0.25) is 0 Å². The molecule has 8 heteroatoms. The zero-order valence-corrected chi connectivity index (χ0v) is 17.4. The van der Waals surface area contributed by atoms with E-state index in [1.165, 1.54) is 4.90 Å². The molecule has 154 valence electrons. The van der Waals surface area contributed by atoms with Crippen LogP contribution in [0.3, 0.4) is 0 Å². The van der Waals surface area contributed by atoms with Crippen molar-refractivity contribution in [2.45, 2.75) is 52.5 Å². The fourth-order valence-corrected chi connectivity index (χ4v) is 4.13. The van der Waals surface area contributed by atoms with Gasteiger partial charge in [0, 0.05) is 32.4 Å². The van der Waals surface area contributed by atoms with E-state index in [1.807, 2.05) is 11.0 Å². The summed E-state index contributed by atoms with van der Waals surface area (Å²) < 4.78 is 0. The Labute approximate surface area is 167 Å². The Kier molecular flexibility index (Phi) is 5.76. The van der Waals surface area contributed by atoms with Gasteiger partial charge >= 0.3 is 6.03 Å². The molecule has 2 N–H and O–H groups in total. The summed E-state index contributed by atoms with van der Waals surface area (Å²) in [6.07, 6.45) is 3.79. The second-order valence-corrected chi connectivity index (χ2v) is 8.51. The van der Waals surface area contributed by atoms with Gasteiger partial charge in [0.25, 0.3) is 5.91 Å². The van der Waals surface area contributed by atoms with E-state index in [0.29, 0.717) is 50.9 Å². The summed E-state index contributed by atoms with van der Waals surface area (Å²) >= 11 is 0. The quantitative estimate of drug-likeness (QED) is 0.752. The van der Waals surface area contributed by atoms with E-state index in [2.05, 4.69) is 42.6 Å². The first-order chi connectivity index (χ1) is 13.3. The number of carbonyl (C=O) groups excluding carboxylic acids is 2. The van der Waals surface area contributed by atoms with Crippen LogP contribution in [-0.4, -0.2) is 63.4 Å². The zero-order valence-electron chi connectivity index (χ0n) is 17.4. The number of rotatable bonds is 6. The molecule has 2 aliphatic heterocycles. The molecule has 2 saturated heterocycles. The predicted molar refractivity (Wildman–Crippen MR) is 109 cm³/mol. The minimum absolute atomic E-state index is 0.0275. The first-order valence-corrected chi connectivity index (χ1v) is 10.3. The van der Waals surface area contributed by atoms with Gasteiger partial charge in [-0.05, 0) is 30.7 Å². The summed E-state index contributed by atoms with van der Waals surface area (Å²) in [5, 5.41) is 0. The second-order valence-electron chi connectivity index (χ2n) is 8.51. The fraction of sp³-hybridized carbons (Fsp3) is 0.700. The maximum Gasteiger partial charge on any atom is 0.327 e. The van der Waals surface area contributed by atoms with Gasteiger partial charge in [-0.15, -0.1) is 0 Å². The van der Waals surface area contributed by atoms with Gasteiger partial charge in [0.1, 0.15) is 11.4 Å². The molecule has 3 heterocycles. The van der Waals surface area contributed by atoms with Gasteiger partial charge in [0.15, 0.2) is 0 Å². The van der Waals surface area contributed by atoms with Gasteiger partial charge in [-0.3, -0.25) is 9.69 Å². The Balaban J connectivity index is 1.83. The molecule has 3 rings (SSSR count). The molecular weight excluding hydrogens is 356 g/mol. The van der Waals surface area contributed by atoms with Crippen molar-refractivity contribution in [3.8, 4) is 0 Å². The molecule has 3 amide bonds. The van der Waals surface area contributed by atoms with Crippen LogP contribution in [0.5, 0.6) is 0 Å². The molecule has 8 nitrogen and oxygen atoms in total. The average molecular weight is 389 g/mol. The maximum atomic E-state index is 13.4. The number of hydrogen-bond acceptors (Lipinski definition) is 6. The number of nitrogen functional groups attached to an aromatic ring is 1. The van der Waals surface area contributed by atoms with E-state index < -0.39 is 5.54 Å². The number of anilines is 2. The minimum Gasteiger partial charge on any atom is -0.368 e. The van der Waals surface area contributed by atoms with Crippen molar-refractivity contribution >= 4 is 23.7 Å². The Hall–Kier alpha value is -2.38. The standard InChI is InChI=1S/C20H32N6O2/c1-5-15(4)13-25-17(27)20(26(19(25)28)12-14(2)3)7-10-24(11-8-20)16-6-9-22-18(21)23-16/h6,9,14-15H,5,7-8,10-13H2,1-4H3,(H2,21,22,23). The lowest BCUT2D eigenvalue weighted by Crippen LogP contribution is -2.57. The highest BCUT2D eigenvalue weighted by Gasteiger charge is 2.58. The number of piperidine rings is 1. The van der Waals surface area contributed by atoms with Crippen molar-refractivity contribution in [3.05, 3.63) is 12.3 Å². The van der Waals surface area contributed by atoms with Crippen LogP contribution in [0.25, 0.3) is 0 Å². The molecule has 1 aromatic heterocycles. The lowest BCUT2D eigenvalue weighted by atomic mass is 9.85.